The number of halogens is 6. The van der Waals surface area contributed by atoms with Crippen LogP contribution < -0.4 is 0 Å². The lowest BCUT2D eigenvalue weighted by Gasteiger charge is -2.15. The molecule has 154 valence electrons. The predicted molar refractivity (Wildman–Crippen MR) is 100 cm³/mol. The molecule has 29 heavy (non-hydrogen) atoms. The van der Waals surface area contributed by atoms with E-state index in [-0.39, 0.29) is 11.6 Å². The molecule has 2 aromatic carbocycles. The predicted octanol–water partition coefficient (Wildman–Crippen LogP) is 7.91. The van der Waals surface area contributed by atoms with E-state index in [1.807, 2.05) is 12.1 Å². The van der Waals surface area contributed by atoms with Gasteiger partial charge in [-0.1, -0.05) is 55.5 Å². The standard InChI is InChI=1S/C23H20F6/c24-22(25,26)18-11-17(12-19(13-18)23(27,28)29)20-7-3-6-16-9-15(10-21(16)20)8-14-4-1-2-5-14/h3,6-7,10-14H,1-2,4-5,8-9H2. The van der Waals surface area contributed by atoms with Crippen LogP contribution in [0.5, 0.6) is 0 Å². The Labute approximate surface area is 165 Å². The van der Waals surface area contributed by atoms with Crippen LogP contribution >= 0.6 is 0 Å². The highest BCUT2D eigenvalue weighted by Crippen LogP contribution is 2.42. The second-order valence-corrected chi connectivity index (χ2v) is 8.01. The SMILES string of the molecule is FC(F)(F)c1cc(-c2cccc3c2C=C(CC2CCCC2)C3)cc(C(F)(F)F)c1. The first kappa shape index (κ1) is 20.0. The molecule has 1 fully saturated rings. The largest absolute Gasteiger partial charge is 0.416 e. The number of rotatable bonds is 3. The maximum absolute atomic E-state index is 13.2. The van der Waals surface area contributed by atoms with E-state index in [9.17, 15) is 26.3 Å². The van der Waals surface area contributed by atoms with Crippen molar-refractivity contribution in [3.63, 3.8) is 0 Å². The molecule has 0 spiro atoms. The number of hydrogen-bond donors (Lipinski definition) is 0. The molecule has 0 aromatic heterocycles. The highest BCUT2D eigenvalue weighted by molar-refractivity contribution is 5.81. The van der Waals surface area contributed by atoms with Crippen molar-refractivity contribution in [1.82, 2.24) is 0 Å². The van der Waals surface area contributed by atoms with Crippen LogP contribution in [0.4, 0.5) is 26.3 Å². The van der Waals surface area contributed by atoms with E-state index in [0.717, 1.165) is 29.7 Å². The zero-order valence-electron chi connectivity index (χ0n) is 15.6. The van der Waals surface area contributed by atoms with Crippen molar-refractivity contribution in [2.45, 2.75) is 50.9 Å². The summed E-state index contributed by atoms with van der Waals surface area (Å²) in [5, 5.41) is 0. The van der Waals surface area contributed by atoms with Gasteiger partial charge in [-0.05, 0) is 59.2 Å². The summed E-state index contributed by atoms with van der Waals surface area (Å²) in [7, 11) is 0. The molecule has 6 heteroatoms. The molecular weight excluding hydrogens is 390 g/mol. The zero-order valence-corrected chi connectivity index (χ0v) is 15.6. The molecule has 0 bridgehead atoms. The van der Waals surface area contributed by atoms with Crippen molar-refractivity contribution in [3.8, 4) is 11.1 Å². The third kappa shape index (κ3) is 4.21. The van der Waals surface area contributed by atoms with E-state index < -0.39 is 23.5 Å². The van der Waals surface area contributed by atoms with Crippen molar-refractivity contribution in [2.75, 3.05) is 0 Å². The molecule has 0 radical (unpaired) electrons. The van der Waals surface area contributed by atoms with Crippen LogP contribution in [0.25, 0.3) is 17.2 Å². The van der Waals surface area contributed by atoms with Crippen LogP contribution in [-0.2, 0) is 18.8 Å². The van der Waals surface area contributed by atoms with Crippen LogP contribution in [0.3, 0.4) is 0 Å². The maximum Gasteiger partial charge on any atom is 0.416 e. The van der Waals surface area contributed by atoms with Gasteiger partial charge in [0.1, 0.15) is 0 Å². The van der Waals surface area contributed by atoms with E-state index in [1.54, 1.807) is 12.1 Å². The monoisotopic (exact) mass is 410 g/mol. The summed E-state index contributed by atoms with van der Waals surface area (Å²) in [4.78, 5) is 0. The highest BCUT2D eigenvalue weighted by Gasteiger charge is 2.37. The first-order valence-electron chi connectivity index (χ1n) is 9.72. The Morgan fingerprint density at radius 1 is 0.828 bits per heavy atom. The van der Waals surface area contributed by atoms with Gasteiger partial charge in [-0.15, -0.1) is 0 Å². The van der Waals surface area contributed by atoms with Gasteiger partial charge in [0.2, 0.25) is 0 Å². The second-order valence-electron chi connectivity index (χ2n) is 8.01. The minimum atomic E-state index is -4.85. The summed E-state index contributed by atoms with van der Waals surface area (Å²) in [5.74, 6) is 0.629. The molecule has 0 N–H and O–H groups in total. The zero-order chi connectivity index (χ0) is 20.8. The molecule has 2 aliphatic rings. The third-order valence-electron chi connectivity index (χ3n) is 5.89. The van der Waals surface area contributed by atoms with Crippen LogP contribution in [0.2, 0.25) is 0 Å². The van der Waals surface area contributed by atoms with E-state index in [2.05, 4.69) is 0 Å². The summed E-state index contributed by atoms with van der Waals surface area (Å²) in [6, 6.07) is 7.00. The molecule has 0 nitrogen and oxygen atoms in total. The topological polar surface area (TPSA) is 0 Å². The lowest BCUT2D eigenvalue weighted by Crippen LogP contribution is -2.11. The third-order valence-corrected chi connectivity index (χ3v) is 5.89. The quantitative estimate of drug-likeness (QED) is 0.451. The van der Waals surface area contributed by atoms with Crippen molar-refractivity contribution >= 4 is 6.08 Å². The summed E-state index contributed by atoms with van der Waals surface area (Å²) in [5.41, 5.74) is 0.709. The minimum Gasteiger partial charge on any atom is -0.166 e. The summed E-state index contributed by atoms with van der Waals surface area (Å²) in [6.07, 6.45) is -1.26. The highest BCUT2D eigenvalue weighted by atomic mass is 19.4. The lowest BCUT2D eigenvalue weighted by atomic mass is 9.94. The van der Waals surface area contributed by atoms with Gasteiger partial charge in [0.25, 0.3) is 0 Å². The molecule has 0 aliphatic heterocycles. The molecule has 0 atom stereocenters. The second kappa shape index (κ2) is 7.22. The summed E-state index contributed by atoms with van der Waals surface area (Å²) in [6.45, 7) is 0. The van der Waals surface area contributed by atoms with Gasteiger partial charge in [0.15, 0.2) is 0 Å². The Morgan fingerprint density at radius 3 is 2.03 bits per heavy atom. The number of fused-ring (bicyclic) bond motifs is 1. The molecular formula is C23H20F6. The van der Waals surface area contributed by atoms with Crippen molar-refractivity contribution in [3.05, 3.63) is 64.2 Å². The molecule has 2 aromatic rings. The smallest absolute Gasteiger partial charge is 0.166 e. The Hall–Kier alpha value is -2.24. The molecule has 0 heterocycles. The van der Waals surface area contributed by atoms with E-state index in [0.29, 0.717) is 17.9 Å². The summed E-state index contributed by atoms with van der Waals surface area (Å²) < 4.78 is 79.4. The minimum absolute atomic E-state index is 0.0534. The molecule has 4 rings (SSSR count). The van der Waals surface area contributed by atoms with Crippen molar-refractivity contribution in [1.29, 1.82) is 0 Å². The molecule has 0 unspecified atom stereocenters. The first-order chi connectivity index (χ1) is 13.6. The summed E-state index contributed by atoms with van der Waals surface area (Å²) >= 11 is 0. The molecule has 0 saturated heterocycles. The van der Waals surface area contributed by atoms with Crippen molar-refractivity contribution < 1.29 is 26.3 Å². The Bertz CT molecular complexity index is 911. The van der Waals surface area contributed by atoms with Gasteiger partial charge in [-0.3, -0.25) is 0 Å². The maximum atomic E-state index is 13.2. The van der Waals surface area contributed by atoms with Gasteiger partial charge < -0.3 is 0 Å². The fourth-order valence-electron chi connectivity index (χ4n) is 4.52. The lowest BCUT2D eigenvalue weighted by molar-refractivity contribution is -0.143. The van der Waals surface area contributed by atoms with Gasteiger partial charge >= 0.3 is 12.4 Å². The van der Waals surface area contributed by atoms with E-state index in [1.165, 1.54) is 31.3 Å². The van der Waals surface area contributed by atoms with Crippen LogP contribution in [0.1, 0.15) is 54.4 Å². The van der Waals surface area contributed by atoms with Crippen LogP contribution in [0, 0.1) is 5.92 Å². The average Bonchev–Trinajstić information content (AvgIpc) is 3.28. The fourth-order valence-corrected chi connectivity index (χ4v) is 4.52. The fraction of sp³-hybridized carbons (Fsp3) is 0.391. The van der Waals surface area contributed by atoms with Crippen LogP contribution in [-0.4, -0.2) is 0 Å². The van der Waals surface area contributed by atoms with Gasteiger partial charge in [-0.25, -0.2) is 0 Å². The number of benzene rings is 2. The molecule has 1 saturated carbocycles. The molecule has 0 amide bonds. The van der Waals surface area contributed by atoms with Gasteiger partial charge in [-0.2, -0.15) is 26.3 Å². The van der Waals surface area contributed by atoms with Crippen molar-refractivity contribution in [2.24, 2.45) is 5.92 Å². The Kier molecular flexibility index (Phi) is 4.99. The van der Waals surface area contributed by atoms with Gasteiger partial charge in [0.05, 0.1) is 11.1 Å². The molecule has 2 aliphatic carbocycles. The normalized spacial score (nSPS) is 17.5. The number of alkyl halides is 6. The number of allylic oxidation sites excluding steroid dienone is 1. The van der Waals surface area contributed by atoms with E-state index in [4.69, 9.17) is 0 Å². The Balaban J connectivity index is 1.77. The number of hydrogen-bond acceptors (Lipinski definition) is 0. The van der Waals surface area contributed by atoms with E-state index >= 15 is 0 Å². The Morgan fingerprint density at radius 2 is 1.45 bits per heavy atom. The average molecular weight is 410 g/mol. The first-order valence-corrected chi connectivity index (χ1v) is 9.72. The van der Waals surface area contributed by atoms with Crippen LogP contribution in [0.15, 0.2) is 42.0 Å². The van der Waals surface area contributed by atoms with Gasteiger partial charge in [0, 0.05) is 0 Å².